The largest absolute Gasteiger partial charge is 0.347 e. The molecule has 0 spiro atoms. The Kier molecular flexibility index (Phi) is 4.43. The lowest BCUT2D eigenvalue weighted by molar-refractivity contribution is 0.0926. The number of hydrogen-bond acceptors (Lipinski definition) is 4. The third-order valence-electron chi connectivity index (χ3n) is 4.85. The molecule has 0 bridgehead atoms. The van der Waals surface area contributed by atoms with Gasteiger partial charge in [-0.15, -0.1) is 10.2 Å². The molecular formula is C20H20FN5O. The van der Waals surface area contributed by atoms with E-state index in [2.05, 4.69) is 20.5 Å². The zero-order valence-electron chi connectivity index (χ0n) is 15.2. The molecule has 27 heavy (non-hydrogen) atoms. The lowest BCUT2D eigenvalue weighted by atomic mass is 10.1. The summed E-state index contributed by atoms with van der Waals surface area (Å²) in [6.45, 7) is 4.33. The van der Waals surface area contributed by atoms with Crippen molar-refractivity contribution < 1.29 is 9.18 Å². The van der Waals surface area contributed by atoms with Crippen LogP contribution in [0.3, 0.4) is 0 Å². The minimum atomic E-state index is -0.288. The molecule has 0 saturated carbocycles. The minimum Gasteiger partial charge on any atom is -0.347 e. The first-order valence-corrected chi connectivity index (χ1v) is 8.94. The molecule has 138 valence electrons. The van der Waals surface area contributed by atoms with Crippen molar-refractivity contribution in [1.82, 2.24) is 25.1 Å². The molecule has 7 heteroatoms. The van der Waals surface area contributed by atoms with Crippen LogP contribution in [0.1, 0.15) is 34.0 Å². The topological polar surface area (TPSA) is 72.7 Å². The predicted molar refractivity (Wildman–Crippen MR) is 98.7 cm³/mol. The number of halogens is 1. The van der Waals surface area contributed by atoms with E-state index in [0.717, 1.165) is 35.6 Å². The van der Waals surface area contributed by atoms with Crippen LogP contribution in [-0.4, -0.2) is 31.7 Å². The van der Waals surface area contributed by atoms with Crippen LogP contribution in [0, 0.1) is 19.7 Å². The van der Waals surface area contributed by atoms with Crippen LogP contribution >= 0.6 is 0 Å². The van der Waals surface area contributed by atoms with Gasteiger partial charge >= 0.3 is 0 Å². The molecule has 4 rings (SSSR count). The quantitative estimate of drug-likeness (QED) is 0.775. The first kappa shape index (κ1) is 17.3. The van der Waals surface area contributed by atoms with Crippen LogP contribution < -0.4 is 5.32 Å². The number of pyridine rings is 1. The fourth-order valence-electron chi connectivity index (χ4n) is 3.45. The van der Waals surface area contributed by atoms with Gasteiger partial charge in [-0.1, -0.05) is 0 Å². The number of aromatic nitrogens is 4. The molecule has 0 saturated heterocycles. The first-order valence-electron chi connectivity index (χ1n) is 8.94. The second-order valence-electron chi connectivity index (χ2n) is 6.85. The van der Waals surface area contributed by atoms with Crippen LogP contribution in [0.4, 0.5) is 4.39 Å². The molecule has 6 nitrogen and oxygen atoms in total. The van der Waals surface area contributed by atoms with E-state index in [4.69, 9.17) is 0 Å². The van der Waals surface area contributed by atoms with Crippen molar-refractivity contribution in [2.45, 2.75) is 39.3 Å². The number of nitrogens with zero attached hydrogens (tertiary/aromatic N) is 4. The van der Waals surface area contributed by atoms with Gasteiger partial charge in [0.2, 0.25) is 0 Å². The highest BCUT2D eigenvalue weighted by molar-refractivity contribution is 5.95. The Balaban J connectivity index is 1.53. The summed E-state index contributed by atoms with van der Waals surface area (Å²) < 4.78 is 15.2. The van der Waals surface area contributed by atoms with Crippen LogP contribution in [0.15, 0.2) is 36.4 Å². The van der Waals surface area contributed by atoms with E-state index in [1.165, 1.54) is 12.1 Å². The second-order valence-corrected chi connectivity index (χ2v) is 6.85. The Labute approximate surface area is 156 Å². The summed E-state index contributed by atoms with van der Waals surface area (Å²) in [6, 6.07) is 9.82. The van der Waals surface area contributed by atoms with E-state index in [1.54, 1.807) is 12.1 Å². The first-order chi connectivity index (χ1) is 13.0. The van der Waals surface area contributed by atoms with Crippen LogP contribution in [0.25, 0.3) is 11.4 Å². The van der Waals surface area contributed by atoms with Crippen molar-refractivity contribution in [3.05, 3.63) is 65.0 Å². The van der Waals surface area contributed by atoms with Gasteiger partial charge in [-0.25, -0.2) is 4.39 Å². The Hall–Kier alpha value is -3.09. The van der Waals surface area contributed by atoms with Gasteiger partial charge < -0.3 is 9.88 Å². The smallest absolute Gasteiger partial charge is 0.253 e. The zero-order valence-corrected chi connectivity index (χ0v) is 15.2. The number of carbonyl (C=O) groups is 1. The van der Waals surface area contributed by atoms with E-state index in [1.807, 2.05) is 30.5 Å². The SMILES string of the molecule is Cc1ccc(C(=O)NC2CCc3nnc(-c4ccc(F)cc4)n3C2)c(C)n1. The van der Waals surface area contributed by atoms with Crippen molar-refractivity contribution in [3.8, 4) is 11.4 Å². The minimum absolute atomic E-state index is 0.0269. The molecule has 3 heterocycles. The maximum absolute atomic E-state index is 13.2. The molecule has 2 aromatic heterocycles. The number of rotatable bonds is 3. The predicted octanol–water partition coefficient (Wildman–Crippen LogP) is 2.84. The van der Waals surface area contributed by atoms with E-state index in [-0.39, 0.29) is 17.8 Å². The lowest BCUT2D eigenvalue weighted by Crippen LogP contribution is -2.41. The zero-order chi connectivity index (χ0) is 19.0. The summed E-state index contributed by atoms with van der Waals surface area (Å²) in [5.74, 6) is 1.17. The van der Waals surface area contributed by atoms with Crippen molar-refractivity contribution in [3.63, 3.8) is 0 Å². The van der Waals surface area contributed by atoms with Gasteiger partial charge in [0.15, 0.2) is 5.82 Å². The summed E-state index contributed by atoms with van der Waals surface area (Å²) >= 11 is 0. The van der Waals surface area contributed by atoms with Gasteiger partial charge in [0.1, 0.15) is 11.6 Å². The number of amides is 1. The summed E-state index contributed by atoms with van der Waals surface area (Å²) in [5.41, 5.74) is 3.01. The average molecular weight is 365 g/mol. The molecule has 0 fully saturated rings. The molecule has 1 aliphatic heterocycles. The van der Waals surface area contributed by atoms with Gasteiger partial charge in [0.25, 0.3) is 5.91 Å². The average Bonchev–Trinajstić information content (AvgIpc) is 3.05. The molecule has 1 aromatic carbocycles. The van der Waals surface area contributed by atoms with Crippen LogP contribution in [0.2, 0.25) is 0 Å². The van der Waals surface area contributed by atoms with Gasteiger partial charge in [-0.3, -0.25) is 9.78 Å². The van der Waals surface area contributed by atoms with Gasteiger partial charge in [0, 0.05) is 30.3 Å². The van der Waals surface area contributed by atoms with Gasteiger partial charge in [-0.2, -0.15) is 0 Å². The Morgan fingerprint density at radius 3 is 2.67 bits per heavy atom. The summed E-state index contributed by atoms with van der Waals surface area (Å²) in [7, 11) is 0. The highest BCUT2D eigenvalue weighted by Gasteiger charge is 2.25. The van der Waals surface area contributed by atoms with Gasteiger partial charge in [0.05, 0.1) is 11.3 Å². The number of fused-ring (bicyclic) bond motifs is 1. The standard InChI is InChI=1S/C20H20FN5O/c1-12-3-9-17(13(2)22-12)20(27)23-16-8-10-18-24-25-19(26(18)11-16)14-4-6-15(21)7-5-14/h3-7,9,16H,8,10-11H2,1-2H3,(H,23,27). The maximum Gasteiger partial charge on any atom is 0.253 e. The molecule has 1 atom stereocenters. The van der Waals surface area contributed by atoms with Crippen LogP contribution in [-0.2, 0) is 13.0 Å². The van der Waals surface area contributed by atoms with Crippen LogP contribution in [0.5, 0.6) is 0 Å². The van der Waals surface area contributed by atoms with E-state index in [9.17, 15) is 9.18 Å². The fraction of sp³-hybridized carbons (Fsp3) is 0.300. The Morgan fingerprint density at radius 1 is 1.15 bits per heavy atom. The molecule has 1 aliphatic rings. The molecule has 1 unspecified atom stereocenters. The summed E-state index contributed by atoms with van der Waals surface area (Å²) in [5, 5.41) is 11.6. The molecule has 1 amide bonds. The molecule has 1 N–H and O–H groups in total. The van der Waals surface area contributed by atoms with E-state index < -0.39 is 0 Å². The highest BCUT2D eigenvalue weighted by atomic mass is 19.1. The Morgan fingerprint density at radius 2 is 1.93 bits per heavy atom. The number of benzene rings is 1. The fourth-order valence-corrected chi connectivity index (χ4v) is 3.45. The number of aryl methyl sites for hydroxylation is 3. The second kappa shape index (κ2) is 6.90. The third kappa shape index (κ3) is 3.45. The molecule has 0 radical (unpaired) electrons. The lowest BCUT2D eigenvalue weighted by Gasteiger charge is -2.25. The van der Waals surface area contributed by atoms with Crippen molar-refractivity contribution in [2.24, 2.45) is 0 Å². The van der Waals surface area contributed by atoms with Crippen molar-refractivity contribution >= 4 is 5.91 Å². The normalized spacial score (nSPS) is 16.0. The van der Waals surface area contributed by atoms with Gasteiger partial charge in [-0.05, 0) is 56.7 Å². The molecular weight excluding hydrogens is 345 g/mol. The maximum atomic E-state index is 13.2. The number of hydrogen-bond donors (Lipinski definition) is 1. The third-order valence-corrected chi connectivity index (χ3v) is 4.85. The monoisotopic (exact) mass is 365 g/mol. The molecule has 3 aromatic rings. The van der Waals surface area contributed by atoms with Crippen molar-refractivity contribution in [1.29, 1.82) is 0 Å². The van der Waals surface area contributed by atoms with E-state index >= 15 is 0 Å². The summed E-state index contributed by atoms with van der Waals surface area (Å²) in [4.78, 5) is 17.0. The van der Waals surface area contributed by atoms with E-state index in [0.29, 0.717) is 17.9 Å². The number of nitrogens with one attached hydrogen (secondary N) is 1. The molecule has 0 aliphatic carbocycles. The highest BCUT2D eigenvalue weighted by Crippen LogP contribution is 2.23. The summed E-state index contributed by atoms with van der Waals surface area (Å²) in [6.07, 6.45) is 1.52. The Bertz CT molecular complexity index is 996. The van der Waals surface area contributed by atoms with Crippen molar-refractivity contribution in [2.75, 3.05) is 0 Å². The number of carbonyl (C=O) groups excluding carboxylic acids is 1.